The van der Waals surface area contributed by atoms with Crippen LogP contribution in [0.4, 0.5) is 0 Å². The van der Waals surface area contributed by atoms with Gasteiger partial charge in [-0.1, -0.05) is 49.4 Å². The number of amides is 2. The third-order valence-corrected chi connectivity index (χ3v) is 10.2. The molecule has 3 aromatic rings. The van der Waals surface area contributed by atoms with Crippen LogP contribution in [0.1, 0.15) is 55.7 Å². The average molecular weight is 647 g/mol. The molecule has 250 valence electrons. The van der Waals surface area contributed by atoms with Crippen molar-refractivity contribution in [3.05, 3.63) is 83.4 Å². The number of likely N-dealkylation sites (tertiary alicyclic amines) is 1. The van der Waals surface area contributed by atoms with E-state index in [4.69, 9.17) is 18.9 Å². The molecule has 7 atom stereocenters. The maximum atomic E-state index is 15.1. The Morgan fingerprint density at radius 2 is 1.70 bits per heavy atom. The molecule has 0 aromatic heterocycles. The lowest BCUT2D eigenvalue weighted by atomic mass is 9.75. The van der Waals surface area contributed by atoms with Crippen molar-refractivity contribution in [1.29, 1.82) is 0 Å². The molecule has 47 heavy (non-hydrogen) atoms. The van der Waals surface area contributed by atoms with E-state index in [1.54, 1.807) is 50.4 Å². The van der Waals surface area contributed by atoms with Crippen LogP contribution in [0.5, 0.6) is 23.0 Å². The molecule has 2 fully saturated rings. The summed E-state index contributed by atoms with van der Waals surface area (Å²) in [5, 5.41) is 39.2. The zero-order valence-corrected chi connectivity index (χ0v) is 27.2. The summed E-state index contributed by atoms with van der Waals surface area (Å²) in [5.41, 5.74) is -4.22. The highest BCUT2D eigenvalue weighted by Gasteiger charge is 2.76. The number of rotatable bonds is 9. The van der Waals surface area contributed by atoms with Crippen molar-refractivity contribution < 1.29 is 43.9 Å². The first kappa shape index (κ1) is 32.6. The van der Waals surface area contributed by atoms with E-state index >= 15 is 4.79 Å². The predicted molar refractivity (Wildman–Crippen MR) is 171 cm³/mol. The molecule has 2 amide bonds. The van der Waals surface area contributed by atoms with Crippen LogP contribution in [-0.4, -0.2) is 77.8 Å². The minimum absolute atomic E-state index is 0.128. The number of aliphatic hydroxyl groups excluding tert-OH is 1. The molecule has 1 unspecified atom stereocenters. The number of nitrogens with one attached hydrogen (secondary N) is 1. The molecule has 0 radical (unpaired) electrons. The maximum absolute atomic E-state index is 15.1. The first-order chi connectivity index (χ1) is 22.5. The Morgan fingerprint density at radius 1 is 1.02 bits per heavy atom. The number of fused-ring (bicyclic) bond motifs is 4. The van der Waals surface area contributed by atoms with Gasteiger partial charge in [0.1, 0.15) is 46.5 Å². The summed E-state index contributed by atoms with van der Waals surface area (Å²) >= 11 is 0. The number of ether oxygens (including phenoxy) is 4. The summed E-state index contributed by atoms with van der Waals surface area (Å²) in [4.78, 5) is 29.8. The van der Waals surface area contributed by atoms with Gasteiger partial charge in [0.05, 0.1) is 32.8 Å². The van der Waals surface area contributed by atoms with Crippen molar-refractivity contribution in [2.24, 2.45) is 5.92 Å². The molecule has 3 aromatic carbocycles. The molecule has 0 spiro atoms. The summed E-state index contributed by atoms with van der Waals surface area (Å²) in [6, 6.07) is 19.4. The van der Waals surface area contributed by atoms with E-state index in [0.717, 1.165) is 0 Å². The fourth-order valence-corrected chi connectivity index (χ4v) is 7.59. The van der Waals surface area contributed by atoms with Crippen LogP contribution >= 0.6 is 0 Å². The summed E-state index contributed by atoms with van der Waals surface area (Å²) in [7, 11) is 4.48. The highest BCUT2D eigenvalue weighted by atomic mass is 16.5. The van der Waals surface area contributed by atoms with Gasteiger partial charge in [-0.2, -0.15) is 0 Å². The highest BCUT2D eigenvalue weighted by Crippen LogP contribution is 2.68. The number of hydrogen-bond acceptors (Lipinski definition) is 9. The van der Waals surface area contributed by atoms with Crippen LogP contribution < -0.4 is 24.3 Å². The van der Waals surface area contributed by atoms with Crippen molar-refractivity contribution in [3.63, 3.8) is 0 Å². The Bertz CT molecular complexity index is 1650. The van der Waals surface area contributed by atoms with Crippen LogP contribution in [-0.2, 0) is 20.8 Å². The second kappa shape index (κ2) is 12.0. The SMILES string of the molecule is CC[C@@](C)(O)C(=O)N[C@@H]1CCCN1C(=O)[C@@H]1[C@@H](c2ccccc2)[C@]2(c3ccc(OC)cc3)Oc3cc(OC)cc(OC)c3[C@@]1(O)C2O. The molecular weight excluding hydrogens is 604 g/mol. The Balaban J connectivity index is 1.59. The maximum Gasteiger partial charge on any atom is 0.253 e. The van der Waals surface area contributed by atoms with Gasteiger partial charge >= 0.3 is 0 Å². The van der Waals surface area contributed by atoms with Crippen LogP contribution in [0.2, 0.25) is 0 Å². The standard InChI is InChI=1S/C36H42N2O9/c1-6-34(2,42)33(41)37-27-13-10-18-38(27)31(39)30-28(21-11-8-7-9-12-21)36(22-14-16-23(44-3)17-15-22)32(40)35(30,43)29-25(46-5)19-24(45-4)20-26(29)47-36/h7-9,11-12,14-17,19-20,27-28,30,32,40,42-43H,6,10,13,18H2,1-5H3,(H,37,41)/t27-,28+,30-,32?,34+,35-,36-/m0/s1. The van der Waals surface area contributed by atoms with Crippen molar-refractivity contribution in [2.75, 3.05) is 27.9 Å². The van der Waals surface area contributed by atoms with Crippen LogP contribution in [0, 0.1) is 5.92 Å². The van der Waals surface area contributed by atoms with E-state index in [2.05, 4.69) is 5.32 Å². The van der Waals surface area contributed by atoms with Crippen LogP contribution in [0.3, 0.4) is 0 Å². The minimum atomic E-state index is -2.23. The van der Waals surface area contributed by atoms with Gasteiger partial charge in [-0.15, -0.1) is 0 Å². The Labute approximate surface area is 274 Å². The van der Waals surface area contributed by atoms with Crippen molar-refractivity contribution in [2.45, 2.75) is 68.1 Å². The smallest absolute Gasteiger partial charge is 0.253 e. The molecule has 1 aliphatic carbocycles. The van der Waals surface area contributed by atoms with E-state index in [9.17, 15) is 20.1 Å². The predicted octanol–water partition coefficient (Wildman–Crippen LogP) is 3.19. The molecule has 6 rings (SSSR count). The zero-order chi connectivity index (χ0) is 33.7. The van der Waals surface area contributed by atoms with Crippen molar-refractivity contribution >= 4 is 11.8 Å². The second-order valence-electron chi connectivity index (χ2n) is 12.7. The molecule has 3 aliphatic rings. The number of hydrogen-bond donors (Lipinski definition) is 4. The van der Waals surface area contributed by atoms with Gasteiger partial charge in [-0.3, -0.25) is 9.59 Å². The molecule has 2 aliphatic heterocycles. The summed E-state index contributed by atoms with van der Waals surface area (Å²) in [6.07, 6.45) is -1.16. The van der Waals surface area contributed by atoms with E-state index in [1.165, 1.54) is 26.0 Å². The van der Waals surface area contributed by atoms with Crippen molar-refractivity contribution in [1.82, 2.24) is 10.2 Å². The molecule has 2 bridgehead atoms. The molecule has 11 nitrogen and oxygen atoms in total. The van der Waals surface area contributed by atoms with Gasteiger partial charge < -0.3 is 44.5 Å². The number of benzene rings is 3. The molecule has 1 saturated carbocycles. The average Bonchev–Trinajstić information content (AvgIpc) is 3.60. The largest absolute Gasteiger partial charge is 0.497 e. The molecule has 4 N–H and O–H groups in total. The number of carbonyl (C=O) groups is 2. The topological polar surface area (TPSA) is 147 Å². The third-order valence-electron chi connectivity index (χ3n) is 10.2. The Kier molecular flexibility index (Phi) is 8.36. The zero-order valence-electron chi connectivity index (χ0n) is 27.2. The second-order valence-corrected chi connectivity index (χ2v) is 12.7. The first-order valence-electron chi connectivity index (χ1n) is 15.9. The Morgan fingerprint density at radius 3 is 2.32 bits per heavy atom. The summed E-state index contributed by atoms with van der Waals surface area (Å²) in [5.74, 6) is -1.95. The number of aliphatic hydroxyl groups is 3. The van der Waals surface area contributed by atoms with Gasteiger partial charge in [0, 0.05) is 24.6 Å². The third kappa shape index (κ3) is 4.90. The lowest BCUT2D eigenvalue weighted by molar-refractivity contribution is -0.168. The van der Waals surface area contributed by atoms with Gasteiger partial charge in [0.25, 0.3) is 5.91 Å². The number of methoxy groups -OCH3 is 3. The van der Waals surface area contributed by atoms with Crippen LogP contribution in [0.15, 0.2) is 66.7 Å². The quantitative estimate of drug-likeness (QED) is 0.275. The molecular formula is C36H42N2O9. The lowest BCUT2D eigenvalue weighted by Gasteiger charge is -2.45. The van der Waals surface area contributed by atoms with E-state index in [0.29, 0.717) is 42.0 Å². The molecule has 2 heterocycles. The monoisotopic (exact) mass is 646 g/mol. The molecule has 1 saturated heterocycles. The van der Waals surface area contributed by atoms with E-state index < -0.39 is 52.7 Å². The molecule has 11 heteroatoms. The van der Waals surface area contributed by atoms with E-state index in [-0.39, 0.29) is 23.5 Å². The minimum Gasteiger partial charge on any atom is -0.497 e. The fourth-order valence-electron chi connectivity index (χ4n) is 7.59. The van der Waals surface area contributed by atoms with Gasteiger partial charge in [-0.25, -0.2) is 0 Å². The summed E-state index contributed by atoms with van der Waals surface area (Å²) in [6.45, 7) is 3.43. The van der Waals surface area contributed by atoms with Crippen LogP contribution in [0.25, 0.3) is 0 Å². The normalized spacial score (nSPS) is 28.9. The highest BCUT2D eigenvalue weighted by molar-refractivity contribution is 5.87. The Hall–Kier alpha value is -4.32. The summed E-state index contributed by atoms with van der Waals surface area (Å²) < 4.78 is 23.6. The van der Waals surface area contributed by atoms with Gasteiger partial charge in [0.15, 0.2) is 5.60 Å². The fraction of sp³-hybridized carbons (Fsp3) is 0.444. The van der Waals surface area contributed by atoms with Gasteiger partial charge in [0.2, 0.25) is 5.91 Å². The van der Waals surface area contributed by atoms with Gasteiger partial charge in [-0.05, 0) is 49.4 Å². The lowest BCUT2D eigenvalue weighted by Crippen LogP contribution is -2.57. The van der Waals surface area contributed by atoms with Crippen molar-refractivity contribution in [3.8, 4) is 23.0 Å². The first-order valence-corrected chi connectivity index (χ1v) is 15.9. The van der Waals surface area contributed by atoms with E-state index in [1.807, 2.05) is 30.3 Å². The number of nitrogens with zero attached hydrogens (tertiary/aromatic N) is 1. The number of carbonyl (C=O) groups excluding carboxylic acids is 2.